The average Bonchev–Trinajstić information content (AvgIpc) is 2.90. The fraction of sp³-hybridized carbons (Fsp3) is 0.600. The lowest BCUT2D eigenvalue weighted by atomic mass is 10.1. The van der Waals surface area contributed by atoms with Gasteiger partial charge in [0.1, 0.15) is 5.76 Å². The Balaban J connectivity index is 2.15. The standard InChI is InChI=1S/C15H23N3O5S/c1-9(2)11(4)16-13(19)6-22-15(21)8-24-7-14(20)17-12-5-10(3)23-18-12/h5,9,11H,6-8H2,1-4H3,(H,16,19)(H,17,18,20)/t11-/m1/s1. The van der Waals surface area contributed by atoms with E-state index in [4.69, 9.17) is 9.26 Å². The molecule has 0 aliphatic heterocycles. The van der Waals surface area contributed by atoms with Crippen molar-refractivity contribution >= 4 is 35.4 Å². The van der Waals surface area contributed by atoms with Crippen molar-refractivity contribution in [3.05, 3.63) is 11.8 Å². The van der Waals surface area contributed by atoms with Gasteiger partial charge in [-0.25, -0.2) is 0 Å². The molecule has 2 N–H and O–H groups in total. The summed E-state index contributed by atoms with van der Waals surface area (Å²) in [4.78, 5) is 34.7. The predicted octanol–water partition coefficient (Wildman–Crippen LogP) is 1.36. The average molecular weight is 357 g/mol. The number of hydrogen-bond acceptors (Lipinski definition) is 7. The van der Waals surface area contributed by atoms with Crippen molar-refractivity contribution in [2.24, 2.45) is 5.92 Å². The highest BCUT2D eigenvalue weighted by atomic mass is 32.2. The molecular weight excluding hydrogens is 334 g/mol. The van der Waals surface area contributed by atoms with Gasteiger partial charge in [-0.2, -0.15) is 0 Å². The Kier molecular flexibility index (Phi) is 8.31. The number of carbonyl (C=O) groups excluding carboxylic acids is 3. The molecule has 24 heavy (non-hydrogen) atoms. The molecule has 9 heteroatoms. The van der Waals surface area contributed by atoms with Gasteiger partial charge in [0.25, 0.3) is 5.91 Å². The van der Waals surface area contributed by atoms with Gasteiger partial charge in [-0.1, -0.05) is 19.0 Å². The van der Waals surface area contributed by atoms with Crippen LogP contribution in [0.5, 0.6) is 0 Å². The lowest BCUT2D eigenvalue weighted by molar-refractivity contribution is -0.146. The van der Waals surface area contributed by atoms with Crippen LogP contribution in [-0.4, -0.2) is 47.1 Å². The zero-order valence-corrected chi connectivity index (χ0v) is 15.1. The number of nitrogens with one attached hydrogen (secondary N) is 2. The van der Waals surface area contributed by atoms with Crippen LogP contribution in [0.2, 0.25) is 0 Å². The molecule has 0 radical (unpaired) electrons. The van der Waals surface area contributed by atoms with E-state index in [0.29, 0.717) is 17.5 Å². The van der Waals surface area contributed by atoms with Crippen molar-refractivity contribution in [1.82, 2.24) is 10.5 Å². The van der Waals surface area contributed by atoms with Crippen LogP contribution in [0.1, 0.15) is 26.5 Å². The molecule has 8 nitrogen and oxygen atoms in total. The summed E-state index contributed by atoms with van der Waals surface area (Å²) in [5.74, 6) is 0.0849. The lowest BCUT2D eigenvalue weighted by Crippen LogP contribution is -2.38. The van der Waals surface area contributed by atoms with E-state index >= 15 is 0 Å². The summed E-state index contributed by atoms with van der Waals surface area (Å²) in [5, 5.41) is 8.90. The number of nitrogens with zero attached hydrogens (tertiary/aromatic N) is 1. The number of carbonyl (C=O) groups is 3. The maximum atomic E-state index is 11.6. The number of rotatable bonds is 9. The number of anilines is 1. The van der Waals surface area contributed by atoms with E-state index in [1.165, 1.54) is 0 Å². The fourth-order valence-electron chi connectivity index (χ4n) is 1.48. The number of thioether (sulfide) groups is 1. The molecule has 1 rings (SSSR count). The van der Waals surface area contributed by atoms with E-state index in [2.05, 4.69) is 15.8 Å². The Labute approximate surface area is 145 Å². The summed E-state index contributed by atoms with van der Waals surface area (Å²) in [6, 6.07) is 1.60. The molecule has 0 aliphatic rings. The molecular formula is C15H23N3O5S. The van der Waals surface area contributed by atoms with E-state index in [1.807, 2.05) is 20.8 Å². The van der Waals surface area contributed by atoms with Gasteiger partial charge < -0.3 is 19.9 Å². The summed E-state index contributed by atoms with van der Waals surface area (Å²) in [6.45, 7) is 7.25. The highest BCUT2D eigenvalue weighted by Gasteiger charge is 2.13. The van der Waals surface area contributed by atoms with Crippen LogP contribution in [0.3, 0.4) is 0 Å². The first-order valence-corrected chi connectivity index (χ1v) is 8.69. The monoisotopic (exact) mass is 357 g/mol. The van der Waals surface area contributed by atoms with Crippen LogP contribution in [0.15, 0.2) is 10.6 Å². The molecule has 2 amide bonds. The minimum Gasteiger partial charge on any atom is -0.455 e. The van der Waals surface area contributed by atoms with Gasteiger partial charge >= 0.3 is 5.97 Å². The predicted molar refractivity (Wildman–Crippen MR) is 90.6 cm³/mol. The second kappa shape index (κ2) is 9.96. The van der Waals surface area contributed by atoms with E-state index < -0.39 is 5.97 Å². The molecule has 0 saturated heterocycles. The minimum atomic E-state index is -0.544. The van der Waals surface area contributed by atoms with Gasteiger partial charge in [-0.3, -0.25) is 14.4 Å². The van der Waals surface area contributed by atoms with Crippen LogP contribution < -0.4 is 10.6 Å². The zero-order valence-electron chi connectivity index (χ0n) is 14.3. The van der Waals surface area contributed by atoms with Crippen molar-refractivity contribution in [3.8, 4) is 0 Å². The Morgan fingerprint density at radius 3 is 2.54 bits per heavy atom. The molecule has 0 unspecified atom stereocenters. The molecule has 0 bridgehead atoms. The maximum absolute atomic E-state index is 11.6. The van der Waals surface area contributed by atoms with E-state index in [-0.39, 0.29) is 36.0 Å². The maximum Gasteiger partial charge on any atom is 0.316 e. The highest BCUT2D eigenvalue weighted by molar-refractivity contribution is 8.00. The topological polar surface area (TPSA) is 111 Å². The van der Waals surface area contributed by atoms with Gasteiger partial charge in [0, 0.05) is 12.1 Å². The fourth-order valence-corrected chi connectivity index (χ4v) is 2.09. The molecule has 1 aromatic heterocycles. The van der Waals surface area contributed by atoms with Crippen LogP contribution in [0.25, 0.3) is 0 Å². The number of esters is 1. The first-order valence-electron chi connectivity index (χ1n) is 7.53. The molecule has 134 valence electrons. The quantitative estimate of drug-likeness (QED) is 0.642. The summed E-state index contributed by atoms with van der Waals surface area (Å²) in [6.07, 6.45) is 0. The van der Waals surface area contributed by atoms with Crippen LogP contribution in [0.4, 0.5) is 5.82 Å². The molecule has 0 spiro atoms. The smallest absolute Gasteiger partial charge is 0.316 e. The van der Waals surface area contributed by atoms with Gasteiger partial charge in [0.15, 0.2) is 12.4 Å². The third kappa shape index (κ3) is 8.00. The molecule has 1 aromatic rings. The van der Waals surface area contributed by atoms with Crippen molar-refractivity contribution in [2.45, 2.75) is 33.7 Å². The molecule has 0 aromatic carbocycles. The highest BCUT2D eigenvalue weighted by Crippen LogP contribution is 2.08. The van der Waals surface area contributed by atoms with Crippen LogP contribution >= 0.6 is 11.8 Å². The number of aromatic nitrogens is 1. The number of aryl methyl sites for hydroxylation is 1. The van der Waals surface area contributed by atoms with Gasteiger partial charge in [-0.15, -0.1) is 11.8 Å². The Morgan fingerprint density at radius 2 is 1.96 bits per heavy atom. The summed E-state index contributed by atoms with van der Waals surface area (Å²) >= 11 is 1.09. The van der Waals surface area contributed by atoms with E-state index in [9.17, 15) is 14.4 Å². The molecule has 0 aliphatic carbocycles. The number of amides is 2. The summed E-state index contributed by atoms with van der Waals surface area (Å²) in [5.41, 5.74) is 0. The van der Waals surface area contributed by atoms with Crippen molar-refractivity contribution in [2.75, 3.05) is 23.4 Å². The van der Waals surface area contributed by atoms with Crippen LogP contribution in [0, 0.1) is 12.8 Å². The number of ether oxygens (including phenoxy) is 1. The lowest BCUT2D eigenvalue weighted by Gasteiger charge is -2.17. The van der Waals surface area contributed by atoms with Crippen molar-refractivity contribution < 1.29 is 23.6 Å². The Hall–Kier alpha value is -2.03. The minimum absolute atomic E-state index is 0.00874. The SMILES string of the molecule is Cc1cc(NC(=O)CSCC(=O)OCC(=O)N[C@H](C)C(C)C)no1. The first kappa shape index (κ1) is 20.0. The van der Waals surface area contributed by atoms with Gasteiger partial charge in [-0.05, 0) is 19.8 Å². The Morgan fingerprint density at radius 1 is 1.25 bits per heavy atom. The van der Waals surface area contributed by atoms with Gasteiger partial charge in [0.05, 0.1) is 11.5 Å². The largest absolute Gasteiger partial charge is 0.455 e. The summed E-state index contributed by atoms with van der Waals surface area (Å²) < 4.78 is 9.68. The van der Waals surface area contributed by atoms with Crippen LogP contribution in [-0.2, 0) is 19.1 Å². The van der Waals surface area contributed by atoms with Crippen molar-refractivity contribution in [1.29, 1.82) is 0 Å². The zero-order chi connectivity index (χ0) is 18.1. The van der Waals surface area contributed by atoms with Gasteiger partial charge in [0.2, 0.25) is 5.91 Å². The van der Waals surface area contributed by atoms with E-state index in [0.717, 1.165) is 11.8 Å². The third-order valence-corrected chi connectivity index (χ3v) is 4.01. The molecule has 0 fully saturated rings. The van der Waals surface area contributed by atoms with E-state index in [1.54, 1.807) is 13.0 Å². The molecule has 0 saturated carbocycles. The third-order valence-electron chi connectivity index (χ3n) is 3.10. The summed E-state index contributed by atoms with van der Waals surface area (Å²) in [7, 11) is 0. The Bertz CT molecular complexity index is 573. The molecule has 1 heterocycles. The number of hydrogen-bond donors (Lipinski definition) is 2. The second-order valence-corrected chi connectivity index (χ2v) is 6.61. The molecule has 1 atom stereocenters. The second-order valence-electron chi connectivity index (χ2n) is 5.62. The normalized spacial score (nSPS) is 11.9. The first-order chi connectivity index (χ1) is 11.3. The van der Waals surface area contributed by atoms with Crippen molar-refractivity contribution in [3.63, 3.8) is 0 Å².